The van der Waals surface area contributed by atoms with Gasteiger partial charge in [-0.3, -0.25) is 0 Å². The summed E-state index contributed by atoms with van der Waals surface area (Å²) >= 11 is 0. The number of carbonyl (C=O) groups is 1. The zero-order valence-electron chi connectivity index (χ0n) is 11.7. The lowest BCUT2D eigenvalue weighted by atomic mass is 9.69. The van der Waals surface area contributed by atoms with Crippen molar-refractivity contribution in [3.05, 3.63) is 42.0 Å². The van der Waals surface area contributed by atoms with Gasteiger partial charge in [-0.15, -0.1) is 0 Å². The molecule has 3 nitrogen and oxygen atoms in total. The summed E-state index contributed by atoms with van der Waals surface area (Å²) in [7, 11) is 0. The van der Waals surface area contributed by atoms with E-state index in [0.717, 1.165) is 12.8 Å². The van der Waals surface area contributed by atoms with E-state index in [1.54, 1.807) is 0 Å². The Kier molecular flexibility index (Phi) is 3.40. The van der Waals surface area contributed by atoms with Crippen molar-refractivity contribution in [2.45, 2.75) is 39.2 Å². The van der Waals surface area contributed by atoms with E-state index in [-0.39, 0.29) is 5.41 Å². The lowest BCUT2D eigenvalue weighted by molar-refractivity contribution is 0.167. The van der Waals surface area contributed by atoms with Gasteiger partial charge in [0, 0.05) is 5.54 Å². The molecule has 3 heteroatoms. The van der Waals surface area contributed by atoms with E-state index in [0.29, 0.717) is 0 Å². The van der Waals surface area contributed by atoms with Gasteiger partial charge < -0.3 is 10.4 Å². The van der Waals surface area contributed by atoms with Gasteiger partial charge in [-0.2, -0.15) is 0 Å². The minimum absolute atomic E-state index is 0.0133. The second kappa shape index (κ2) is 4.72. The first-order valence-corrected chi connectivity index (χ1v) is 6.58. The molecule has 1 aliphatic rings. The summed E-state index contributed by atoms with van der Waals surface area (Å²) in [5.41, 5.74) is 1.97. The van der Waals surface area contributed by atoms with Crippen molar-refractivity contribution in [2.75, 3.05) is 0 Å². The number of hydrogen-bond acceptors (Lipinski definition) is 1. The Balaban J connectivity index is 2.34. The number of carboxylic acid groups (broad SMARTS) is 1. The minimum Gasteiger partial charge on any atom is -0.465 e. The Bertz CT molecular complexity index is 505. The van der Waals surface area contributed by atoms with Crippen LogP contribution >= 0.6 is 0 Å². The Morgan fingerprint density at radius 1 is 1.21 bits per heavy atom. The van der Waals surface area contributed by atoms with E-state index >= 15 is 0 Å². The molecule has 0 bridgehead atoms. The molecule has 0 radical (unpaired) electrons. The van der Waals surface area contributed by atoms with Crippen LogP contribution in [-0.4, -0.2) is 16.7 Å². The van der Waals surface area contributed by atoms with Gasteiger partial charge in [-0.05, 0) is 36.3 Å². The Morgan fingerprint density at radius 2 is 1.84 bits per heavy atom. The van der Waals surface area contributed by atoms with Crippen LogP contribution < -0.4 is 5.32 Å². The molecule has 0 saturated carbocycles. The first kappa shape index (κ1) is 13.7. The third-order valence-electron chi connectivity index (χ3n) is 3.54. The van der Waals surface area contributed by atoms with Crippen LogP contribution in [0.5, 0.6) is 0 Å². The van der Waals surface area contributed by atoms with Crippen molar-refractivity contribution >= 4 is 11.7 Å². The van der Waals surface area contributed by atoms with Gasteiger partial charge in [-0.1, -0.05) is 50.3 Å². The highest BCUT2D eigenvalue weighted by atomic mass is 16.4. The van der Waals surface area contributed by atoms with Gasteiger partial charge >= 0.3 is 6.09 Å². The first-order chi connectivity index (χ1) is 8.80. The Morgan fingerprint density at radius 3 is 2.42 bits per heavy atom. The van der Waals surface area contributed by atoms with Gasteiger partial charge in [0.15, 0.2) is 0 Å². The maximum absolute atomic E-state index is 11.0. The van der Waals surface area contributed by atoms with Gasteiger partial charge in [0.05, 0.1) is 0 Å². The highest BCUT2D eigenvalue weighted by molar-refractivity contribution is 5.71. The number of rotatable bonds is 2. The average molecular weight is 259 g/mol. The second-order valence-corrected chi connectivity index (χ2v) is 6.37. The van der Waals surface area contributed by atoms with Crippen LogP contribution in [0.4, 0.5) is 4.79 Å². The number of amides is 1. The van der Waals surface area contributed by atoms with Crippen LogP contribution in [0.1, 0.15) is 39.2 Å². The summed E-state index contributed by atoms with van der Waals surface area (Å²) in [6.07, 6.45) is 2.86. The summed E-state index contributed by atoms with van der Waals surface area (Å²) < 4.78 is 0. The molecule has 2 N–H and O–H groups in total. The fourth-order valence-corrected chi connectivity index (χ4v) is 3.25. The smallest absolute Gasteiger partial charge is 0.405 e. The lowest BCUT2D eigenvalue weighted by Crippen LogP contribution is -2.49. The summed E-state index contributed by atoms with van der Waals surface area (Å²) in [6, 6.07) is 10.2. The molecule has 0 spiro atoms. The number of hydrogen-bond donors (Lipinski definition) is 2. The fourth-order valence-electron chi connectivity index (χ4n) is 3.25. The zero-order valence-corrected chi connectivity index (χ0v) is 11.7. The molecule has 0 aromatic heterocycles. The van der Waals surface area contributed by atoms with Gasteiger partial charge in [-0.25, -0.2) is 4.79 Å². The zero-order chi connectivity index (χ0) is 14.1. The Labute approximate surface area is 114 Å². The van der Waals surface area contributed by atoms with Crippen LogP contribution in [-0.2, 0) is 0 Å². The molecule has 0 heterocycles. The predicted molar refractivity (Wildman–Crippen MR) is 77.0 cm³/mol. The lowest BCUT2D eigenvalue weighted by Gasteiger charge is -2.41. The van der Waals surface area contributed by atoms with Crippen LogP contribution in [0.15, 0.2) is 36.4 Å². The van der Waals surface area contributed by atoms with Crippen molar-refractivity contribution in [2.24, 2.45) is 5.41 Å². The molecule has 19 heavy (non-hydrogen) atoms. The number of benzene rings is 1. The SMILES string of the molecule is CC1(C)C=C(c2ccccc2)CC(C)(NC(=O)O)C1. The quantitative estimate of drug-likeness (QED) is 0.845. The van der Waals surface area contributed by atoms with Crippen LogP contribution in [0.25, 0.3) is 5.57 Å². The average Bonchev–Trinajstić information content (AvgIpc) is 2.25. The first-order valence-electron chi connectivity index (χ1n) is 6.58. The van der Waals surface area contributed by atoms with Crippen molar-refractivity contribution in [1.82, 2.24) is 5.32 Å². The Hall–Kier alpha value is -1.77. The molecule has 2 rings (SSSR count). The highest BCUT2D eigenvalue weighted by Crippen LogP contribution is 2.42. The monoisotopic (exact) mass is 259 g/mol. The predicted octanol–water partition coefficient (Wildman–Crippen LogP) is 3.92. The van der Waals surface area contributed by atoms with E-state index < -0.39 is 11.6 Å². The fraction of sp³-hybridized carbons (Fsp3) is 0.438. The summed E-state index contributed by atoms with van der Waals surface area (Å²) in [6.45, 7) is 6.28. The van der Waals surface area contributed by atoms with E-state index in [4.69, 9.17) is 5.11 Å². The molecule has 1 aromatic carbocycles. The molecular formula is C16H21NO2. The van der Waals surface area contributed by atoms with E-state index in [9.17, 15) is 4.79 Å². The molecule has 1 unspecified atom stereocenters. The minimum atomic E-state index is -0.951. The highest BCUT2D eigenvalue weighted by Gasteiger charge is 2.38. The third-order valence-corrected chi connectivity index (χ3v) is 3.54. The topological polar surface area (TPSA) is 49.3 Å². The van der Waals surface area contributed by atoms with Crippen molar-refractivity contribution in [3.63, 3.8) is 0 Å². The molecule has 0 fully saturated rings. The molecule has 1 atom stereocenters. The molecule has 0 saturated heterocycles. The van der Waals surface area contributed by atoms with E-state index in [2.05, 4.69) is 37.4 Å². The maximum atomic E-state index is 11.0. The molecule has 1 amide bonds. The summed E-state index contributed by atoms with van der Waals surface area (Å²) in [4.78, 5) is 11.0. The normalized spacial score (nSPS) is 25.5. The number of allylic oxidation sites excluding steroid dienone is 1. The van der Waals surface area contributed by atoms with Gasteiger partial charge in [0.25, 0.3) is 0 Å². The molecule has 102 valence electrons. The summed E-state index contributed by atoms with van der Waals surface area (Å²) in [5, 5.41) is 11.7. The molecular weight excluding hydrogens is 238 g/mol. The third kappa shape index (κ3) is 3.37. The van der Waals surface area contributed by atoms with Crippen molar-refractivity contribution < 1.29 is 9.90 Å². The molecule has 1 aromatic rings. The van der Waals surface area contributed by atoms with Gasteiger partial charge in [0.2, 0.25) is 0 Å². The van der Waals surface area contributed by atoms with Crippen LogP contribution in [0.2, 0.25) is 0 Å². The van der Waals surface area contributed by atoms with E-state index in [1.165, 1.54) is 11.1 Å². The standard InChI is InChI=1S/C16H21NO2/c1-15(2)9-13(12-7-5-4-6-8-12)10-16(3,11-15)17-14(18)19/h4-9,17H,10-11H2,1-3H3,(H,18,19). The van der Waals surface area contributed by atoms with Crippen molar-refractivity contribution in [3.8, 4) is 0 Å². The van der Waals surface area contributed by atoms with Gasteiger partial charge in [0.1, 0.15) is 0 Å². The second-order valence-electron chi connectivity index (χ2n) is 6.37. The molecule has 1 aliphatic carbocycles. The summed E-state index contributed by atoms with van der Waals surface area (Å²) in [5.74, 6) is 0. The van der Waals surface area contributed by atoms with Crippen LogP contribution in [0, 0.1) is 5.41 Å². The van der Waals surface area contributed by atoms with Crippen LogP contribution in [0.3, 0.4) is 0 Å². The van der Waals surface area contributed by atoms with E-state index in [1.807, 2.05) is 25.1 Å². The maximum Gasteiger partial charge on any atom is 0.405 e. The number of nitrogens with one attached hydrogen (secondary N) is 1. The largest absolute Gasteiger partial charge is 0.465 e. The van der Waals surface area contributed by atoms with Crippen molar-refractivity contribution in [1.29, 1.82) is 0 Å². The molecule has 0 aliphatic heterocycles.